The Hall–Kier alpha value is -2.37. The predicted molar refractivity (Wildman–Crippen MR) is 125 cm³/mol. The van der Waals surface area contributed by atoms with Gasteiger partial charge in [-0.25, -0.2) is 4.79 Å². The van der Waals surface area contributed by atoms with Crippen LogP contribution in [0.15, 0.2) is 48.5 Å². The smallest absolute Gasteiger partial charge is 0.410 e. The molecule has 2 aromatic carbocycles. The molecule has 2 aromatic rings. The molecule has 2 atom stereocenters. The summed E-state index contributed by atoms with van der Waals surface area (Å²) in [7, 11) is 0. The van der Waals surface area contributed by atoms with Gasteiger partial charge in [-0.1, -0.05) is 48.5 Å². The SMILES string of the molecule is C[C@@H](OC[C@H]1CN(C(C)(C)CC2Cc3ccccc3C2)C(=O)O1)c1ccccc1CCO. The van der Waals surface area contributed by atoms with E-state index in [0.717, 1.165) is 30.4 Å². The van der Waals surface area contributed by atoms with Gasteiger partial charge in [0.25, 0.3) is 0 Å². The zero-order chi connectivity index (χ0) is 22.7. The van der Waals surface area contributed by atoms with Crippen LogP contribution in [0.1, 0.15) is 55.5 Å². The van der Waals surface area contributed by atoms with Gasteiger partial charge in [0.1, 0.15) is 6.10 Å². The van der Waals surface area contributed by atoms with Gasteiger partial charge in [0.05, 0.1) is 19.3 Å². The highest BCUT2D eigenvalue weighted by molar-refractivity contribution is 5.71. The Balaban J connectivity index is 1.32. The Bertz CT molecular complexity index is 916. The molecule has 0 unspecified atom stereocenters. The van der Waals surface area contributed by atoms with Crippen molar-refractivity contribution in [1.29, 1.82) is 0 Å². The fourth-order valence-corrected chi connectivity index (χ4v) is 5.33. The molecule has 1 fully saturated rings. The second kappa shape index (κ2) is 9.63. The van der Waals surface area contributed by atoms with E-state index >= 15 is 0 Å². The lowest BCUT2D eigenvalue weighted by Crippen LogP contribution is -2.46. The highest BCUT2D eigenvalue weighted by Crippen LogP contribution is 2.36. The molecule has 1 aliphatic heterocycles. The maximum atomic E-state index is 12.7. The third-order valence-electron chi connectivity index (χ3n) is 6.93. The molecule has 1 N–H and O–H groups in total. The molecule has 1 amide bonds. The van der Waals surface area contributed by atoms with E-state index in [1.165, 1.54) is 11.1 Å². The van der Waals surface area contributed by atoms with Crippen molar-refractivity contribution in [3.8, 4) is 0 Å². The first-order valence-electron chi connectivity index (χ1n) is 11.7. The van der Waals surface area contributed by atoms with E-state index < -0.39 is 0 Å². The van der Waals surface area contributed by atoms with Gasteiger partial charge in [-0.05, 0) is 74.6 Å². The Morgan fingerprint density at radius 1 is 1.12 bits per heavy atom. The van der Waals surface area contributed by atoms with Crippen molar-refractivity contribution in [2.75, 3.05) is 19.8 Å². The topological polar surface area (TPSA) is 59.0 Å². The molecule has 0 saturated carbocycles. The average Bonchev–Trinajstić information content (AvgIpc) is 3.35. The monoisotopic (exact) mass is 437 g/mol. The van der Waals surface area contributed by atoms with Crippen molar-refractivity contribution < 1.29 is 19.4 Å². The third kappa shape index (κ3) is 5.00. The summed E-state index contributed by atoms with van der Waals surface area (Å²) in [5.41, 5.74) is 4.78. The van der Waals surface area contributed by atoms with Crippen LogP contribution < -0.4 is 0 Å². The number of aliphatic hydroxyl groups is 1. The number of benzene rings is 2. The molecular formula is C27H35NO4. The van der Waals surface area contributed by atoms with Crippen molar-refractivity contribution in [2.45, 2.75) is 64.2 Å². The first-order valence-corrected chi connectivity index (χ1v) is 11.7. The number of cyclic esters (lactones) is 1. The highest BCUT2D eigenvalue weighted by atomic mass is 16.6. The molecule has 0 radical (unpaired) electrons. The van der Waals surface area contributed by atoms with Crippen molar-refractivity contribution in [3.05, 3.63) is 70.8 Å². The Kier molecular flexibility index (Phi) is 6.87. The number of carbonyl (C=O) groups is 1. The van der Waals surface area contributed by atoms with Gasteiger partial charge in [-0.3, -0.25) is 4.90 Å². The summed E-state index contributed by atoms with van der Waals surface area (Å²) in [5.74, 6) is 0.550. The summed E-state index contributed by atoms with van der Waals surface area (Å²) >= 11 is 0. The molecular weight excluding hydrogens is 402 g/mol. The Labute approximate surface area is 191 Å². The summed E-state index contributed by atoms with van der Waals surface area (Å²) < 4.78 is 11.8. The number of nitrogens with zero attached hydrogens (tertiary/aromatic N) is 1. The number of rotatable bonds is 9. The third-order valence-corrected chi connectivity index (χ3v) is 6.93. The second-order valence-corrected chi connectivity index (χ2v) is 9.82. The number of hydrogen-bond donors (Lipinski definition) is 1. The fraction of sp³-hybridized carbons (Fsp3) is 0.519. The number of amides is 1. The van der Waals surface area contributed by atoms with Gasteiger partial charge in [0, 0.05) is 12.1 Å². The zero-order valence-corrected chi connectivity index (χ0v) is 19.4. The molecule has 172 valence electrons. The van der Waals surface area contributed by atoms with Crippen molar-refractivity contribution in [2.24, 2.45) is 5.92 Å². The molecule has 32 heavy (non-hydrogen) atoms. The minimum Gasteiger partial charge on any atom is -0.442 e. The van der Waals surface area contributed by atoms with E-state index in [9.17, 15) is 9.90 Å². The molecule has 1 heterocycles. The van der Waals surface area contributed by atoms with E-state index in [1.54, 1.807) is 0 Å². The highest BCUT2D eigenvalue weighted by Gasteiger charge is 2.42. The number of fused-ring (bicyclic) bond motifs is 1. The minimum absolute atomic E-state index is 0.111. The molecule has 0 aromatic heterocycles. The first-order chi connectivity index (χ1) is 15.4. The van der Waals surface area contributed by atoms with Gasteiger partial charge < -0.3 is 14.6 Å². The molecule has 1 saturated heterocycles. The average molecular weight is 438 g/mol. The van der Waals surface area contributed by atoms with Gasteiger partial charge >= 0.3 is 6.09 Å². The number of aliphatic hydroxyl groups excluding tert-OH is 1. The summed E-state index contributed by atoms with van der Waals surface area (Å²) in [4.78, 5) is 14.6. The standard InChI is InChI=1S/C27H35NO4/c1-19(25-11-7-6-8-21(25)12-13-29)31-18-24-17-28(26(30)32-24)27(2,3)16-20-14-22-9-4-5-10-23(22)15-20/h4-11,19-20,24,29H,12-18H2,1-3H3/t19-,24-/m1/s1. The predicted octanol–water partition coefficient (Wildman–Crippen LogP) is 4.70. The van der Waals surface area contributed by atoms with Crippen LogP contribution >= 0.6 is 0 Å². The number of hydrogen-bond acceptors (Lipinski definition) is 4. The van der Waals surface area contributed by atoms with Gasteiger partial charge in [0.2, 0.25) is 0 Å². The molecule has 5 heteroatoms. The van der Waals surface area contributed by atoms with E-state index in [4.69, 9.17) is 9.47 Å². The lowest BCUT2D eigenvalue weighted by atomic mass is 9.87. The molecule has 0 spiro atoms. The van der Waals surface area contributed by atoms with Crippen LogP contribution in [0.5, 0.6) is 0 Å². The van der Waals surface area contributed by atoms with Crippen molar-refractivity contribution >= 4 is 6.09 Å². The van der Waals surface area contributed by atoms with Gasteiger partial charge in [-0.2, -0.15) is 0 Å². The maximum absolute atomic E-state index is 12.7. The minimum atomic E-state index is -0.269. The van der Waals surface area contributed by atoms with Crippen LogP contribution in [0.3, 0.4) is 0 Å². The summed E-state index contributed by atoms with van der Waals surface area (Å²) in [5, 5.41) is 9.31. The van der Waals surface area contributed by atoms with Crippen LogP contribution in [0.2, 0.25) is 0 Å². The fourth-order valence-electron chi connectivity index (χ4n) is 5.33. The lowest BCUT2D eigenvalue weighted by Gasteiger charge is -2.35. The van der Waals surface area contributed by atoms with Crippen molar-refractivity contribution in [1.82, 2.24) is 4.90 Å². The van der Waals surface area contributed by atoms with Crippen molar-refractivity contribution in [3.63, 3.8) is 0 Å². The van der Waals surface area contributed by atoms with Crippen LogP contribution in [-0.2, 0) is 28.7 Å². The van der Waals surface area contributed by atoms with E-state index in [0.29, 0.717) is 25.5 Å². The van der Waals surface area contributed by atoms with E-state index in [2.05, 4.69) is 38.1 Å². The molecule has 0 bridgehead atoms. The Morgan fingerprint density at radius 3 is 2.47 bits per heavy atom. The maximum Gasteiger partial charge on any atom is 0.410 e. The first kappa shape index (κ1) is 22.8. The molecule has 4 rings (SSSR count). The van der Waals surface area contributed by atoms with E-state index in [1.807, 2.05) is 36.1 Å². The summed E-state index contributed by atoms with van der Waals surface area (Å²) in [6.45, 7) is 7.33. The van der Waals surface area contributed by atoms with E-state index in [-0.39, 0.29) is 30.4 Å². The molecule has 2 aliphatic rings. The normalized spacial score (nSPS) is 19.8. The molecule has 5 nitrogen and oxygen atoms in total. The quantitative estimate of drug-likeness (QED) is 0.618. The van der Waals surface area contributed by atoms with Crippen LogP contribution in [0, 0.1) is 5.92 Å². The molecule has 1 aliphatic carbocycles. The van der Waals surface area contributed by atoms with Crippen LogP contribution in [0.25, 0.3) is 0 Å². The lowest BCUT2D eigenvalue weighted by molar-refractivity contribution is 0.00619. The Morgan fingerprint density at radius 2 is 1.78 bits per heavy atom. The second-order valence-electron chi connectivity index (χ2n) is 9.82. The summed E-state index contributed by atoms with van der Waals surface area (Å²) in [6.07, 6.45) is 3.09. The van der Waals surface area contributed by atoms with Crippen LogP contribution in [0.4, 0.5) is 4.79 Å². The van der Waals surface area contributed by atoms with Gasteiger partial charge in [-0.15, -0.1) is 0 Å². The number of ether oxygens (including phenoxy) is 2. The van der Waals surface area contributed by atoms with Gasteiger partial charge in [0.15, 0.2) is 0 Å². The number of carbonyl (C=O) groups excluding carboxylic acids is 1. The zero-order valence-electron chi connectivity index (χ0n) is 19.4. The summed E-state index contributed by atoms with van der Waals surface area (Å²) in [6, 6.07) is 16.7. The largest absolute Gasteiger partial charge is 0.442 e. The van der Waals surface area contributed by atoms with Crippen LogP contribution in [-0.4, -0.2) is 47.5 Å².